The van der Waals surface area contributed by atoms with E-state index < -0.39 is 77.6 Å². The number of hydrogen-bond acceptors (Lipinski definition) is 8. The van der Waals surface area contributed by atoms with Gasteiger partial charge in [-0.05, 0) is 67.6 Å². The van der Waals surface area contributed by atoms with Crippen molar-refractivity contribution in [3.8, 4) is 0 Å². The molecule has 69 heavy (non-hydrogen) atoms. The highest BCUT2D eigenvalue weighted by molar-refractivity contribution is 5.97. The number of nitrogens with two attached hydrogens (primary N) is 1. The van der Waals surface area contributed by atoms with Crippen molar-refractivity contribution < 1.29 is 33.6 Å². The quantitative estimate of drug-likeness (QED) is 0.0606. The van der Waals surface area contributed by atoms with Crippen LogP contribution in [0.5, 0.6) is 0 Å². The first-order chi connectivity index (χ1) is 33.3. The van der Waals surface area contributed by atoms with Crippen LogP contribution in [0.3, 0.4) is 0 Å². The molecule has 18 heteroatoms. The van der Waals surface area contributed by atoms with E-state index in [2.05, 4.69) is 47.5 Å². The first kappa shape index (κ1) is 51.9. The lowest BCUT2D eigenvalue weighted by Crippen LogP contribution is -2.60. The van der Waals surface area contributed by atoms with E-state index >= 15 is 0 Å². The Labute approximate surface area is 404 Å². The van der Waals surface area contributed by atoms with E-state index in [0.717, 1.165) is 86.2 Å². The lowest BCUT2D eigenvalue weighted by molar-refractivity contribution is -0.136. The fraction of sp³-hybridized carbons (Fsp3) is 0.569. The maximum absolute atomic E-state index is 14.8. The number of carbonyl (C=O) groups is 7. The van der Waals surface area contributed by atoms with Gasteiger partial charge in [-0.15, -0.1) is 0 Å². The van der Waals surface area contributed by atoms with Crippen LogP contribution in [0.25, 0.3) is 10.9 Å². The molecule has 6 rings (SSSR count). The molecule has 2 heterocycles. The molecule has 6 atom stereocenters. The summed E-state index contributed by atoms with van der Waals surface area (Å²) in [6.07, 6.45) is 13.1. The van der Waals surface area contributed by atoms with Crippen LogP contribution in [-0.4, -0.2) is 102 Å². The van der Waals surface area contributed by atoms with Gasteiger partial charge in [0.2, 0.25) is 41.4 Å². The normalized spacial score (nSPS) is 23.4. The third kappa shape index (κ3) is 16.3. The van der Waals surface area contributed by atoms with Gasteiger partial charge in [0.1, 0.15) is 36.3 Å². The summed E-state index contributed by atoms with van der Waals surface area (Å²) in [6.45, 7) is 1.63. The zero-order valence-corrected chi connectivity index (χ0v) is 40.0. The Hall–Kier alpha value is -6.46. The molecule has 0 unspecified atom stereocenters. The molecule has 2 aromatic carbocycles. The minimum atomic E-state index is -1.18. The van der Waals surface area contributed by atoms with Crippen LogP contribution < -0.4 is 48.3 Å². The van der Waals surface area contributed by atoms with Crippen LogP contribution in [0, 0.1) is 17.2 Å². The van der Waals surface area contributed by atoms with Crippen molar-refractivity contribution >= 4 is 58.2 Å². The Morgan fingerprint density at radius 2 is 1.28 bits per heavy atom. The summed E-state index contributed by atoms with van der Waals surface area (Å²) >= 11 is 0. The molecular formula is C51H73N11O7. The van der Waals surface area contributed by atoms with Crippen molar-refractivity contribution in [3.05, 3.63) is 71.9 Å². The second kappa shape index (κ2) is 26.3. The summed E-state index contributed by atoms with van der Waals surface area (Å²) in [7, 11) is 0. The van der Waals surface area contributed by atoms with Crippen LogP contribution >= 0.6 is 0 Å². The molecule has 0 bridgehead atoms. The third-order valence-electron chi connectivity index (χ3n) is 13.8. The molecule has 1 saturated heterocycles. The fourth-order valence-corrected chi connectivity index (χ4v) is 10.1. The van der Waals surface area contributed by atoms with Crippen LogP contribution in [0.4, 0.5) is 0 Å². The van der Waals surface area contributed by atoms with Gasteiger partial charge in [-0.3, -0.25) is 39.0 Å². The molecule has 1 aliphatic heterocycles. The third-order valence-corrected chi connectivity index (χ3v) is 13.8. The van der Waals surface area contributed by atoms with Gasteiger partial charge < -0.3 is 53.3 Å². The average Bonchev–Trinajstić information content (AvgIpc) is 3.75. The summed E-state index contributed by atoms with van der Waals surface area (Å²) in [6, 6.07) is 10.3. The number of fused-ring (bicyclic) bond motifs is 1. The summed E-state index contributed by atoms with van der Waals surface area (Å²) in [5, 5.41) is 31.6. The molecule has 2 saturated carbocycles. The van der Waals surface area contributed by atoms with E-state index in [4.69, 9.17) is 11.1 Å². The molecule has 2 aliphatic carbocycles. The first-order valence-corrected chi connectivity index (χ1v) is 25.1. The standard InChI is InChI=1S/C51H73N11O7/c1-32(63)57-41(27-33-15-5-2-6-16-33)47(66)59-40-24-13-25-54-45(64)39(23-14-26-55-51(52)53)58-50(69)44(30-36-31-56-38-22-12-11-21-37(36)38)62-49(68)43(29-35-19-9-4-10-20-35)61-48(67)42(60-46(40)65)28-34-17-7-3-8-18-34/h2,5-6,11-12,15-16,21-22,31,34-35,39-44,56H,3-4,7-10,13-14,17-20,23-30H2,1H3,(H,54,64)(H,57,63)(H,58,69)(H,59,66)(H,60,65)(H,61,67)(H,62,68)(H4,52,53,55)/t39-,40-,41-,42-,43+,44-/m0/s1. The van der Waals surface area contributed by atoms with Crippen LogP contribution in [0.15, 0.2) is 60.8 Å². The molecule has 0 spiro atoms. The van der Waals surface area contributed by atoms with E-state index in [9.17, 15) is 33.6 Å². The van der Waals surface area contributed by atoms with Gasteiger partial charge in [-0.25, -0.2) is 0 Å². The Kier molecular flexibility index (Phi) is 19.8. The molecule has 3 aliphatic rings. The highest BCUT2D eigenvalue weighted by atomic mass is 16.2. The summed E-state index contributed by atoms with van der Waals surface area (Å²) in [4.78, 5) is 102. The molecule has 18 nitrogen and oxygen atoms in total. The number of benzene rings is 2. The highest BCUT2D eigenvalue weighted by Crippen LogP contribution is 2.30. The van der Waals surface area contributed by atoms with Crippen LogP contribution in [0.1, 0.15) is 121 Å². The van der Waals surface area contributed by atoms with Gasteiger partial charge in [0.15, 0.2) is 5.96 Å². The van der Waals surface area contributed by atoms with Gasteiger partial charge in [0.05, 0.1) is 0 Å². The number of aromatic nitrogens is 1. The molecule has 12 N–H and O–H groups in total. The zero-order chi connectivity index (χ0) is 49.1. The maximum Gasteiger partial charge on any atom is 0.243 e. The predicted molar refractivity (Wildman–Crippen MR) is 263 cm³/mol. The van der Waals surface area contributed by atoms with E-state index in [1.54, 1.807) is 6.20 Å². The summed E-state index contributed by atoms with van der Waals surface area (Å²) in [5.41, 5.74) is 7.93. The number of aromatic amines is 1. The van der Waals surface area contributed by atoms with Crippen LogP contribution in [-0.2, 0) is 46.4 Å². The van der Waals surface area contributed by atoms with Gasteiger partial charge >= 0.3 is 0 Å². The Morgan fingerprint density at radius 1 is 0.696 bits per heavy atom. The van der Waals surface area contributed by atoms with Crippen LogP contribution in [0.2, 0.25) is 0 Å². The molecular weight excluding hydrogens is 879 g/mol. The van der Waals surface area contributed by atoms with Gasteiger partial charge in [-0.1, -0.05) is 113 Å². The van der Waals surface area contributed by atoms with E-state index in [1.165, 1.54) is 6.92 Å². The van der Waals surface area contributed by atoms with Crippen molar-refractivity contribution in [2.24, 2.45) is 17.6 Å². The van der Waals surface area contributed by atoms with Gasteiger partial charge in [0.25, 0.3) is 0 Å². The smallest absolute Gasteiger partial charge is 0.243 e. The molecule has 3 fully saturated rings. The molecule has 374 valence electrons. The largest absolute Gasteiger partial charge is 0.370 e. The monoisotopic (exact) mass is 952 g/mol. The zero-order valence-electron chi connectivity index (χ0n) is 40.0. The van der Waals surface area contributed by atoms with Crippen molar-refractivity contribution in [2.75, 3.05) is 13.1 Å². The van der Waals surface area contributed by atoms with Crippen molar-refractivity contribution in [1.82, 2.24) is 47.5 Å². The second-order valence-electron chi connectivity index (χ2n) is 19.2. The molecule has 3 aromatic rings. The lowest BCUT2D eigenvalue weighted by atomic mass is 9.83. The number of carbonyl (C=O) groups excluding carboxylic acids is 7. The summed E-state index contributed by atoms with van der Waals surface area (Å²) < 4.78 is 0. The van der Waals surface area contributed by atoms with Gasteiger partial charge in [0, 0.05) is 50.0 Å². The minimum Gasteiger partial charge on any atom is -0.370 e. The van der Waals surface area contributed by atoms with Gasteiger partial charge in [-0.2, -0.15) is 0 Å². The average molecular weight is 952 g/mol. The Balaban J connectivity index is 1.33. The predicted octanol–water partition coefficient (Wildman–Crippen LogP) is 3.00. The molecule has 0 radical (unpaired) electrons. The molecule has 1 aromatic heterocycles. The number of nitrogens with one attached hydrogen (secondary N) is 10. The Bertz CT molecular complexity index is 2220. The number of guanidine groups is 1. The SMILES string of the molecule is CC(=O)N[C@@H](Cc1ccccc1)C(=O)N[C@H]1CCCNC(=O)[C@H](CCCNC(=N)N)NC(=O)[C@H](Cc2c[nH]c3ccccc23)NC(=O)[C@@H](CC2CCCCC2)NC(=O)[C@H](CC2CCCCC2)NC1=O. The van der Waals surface area contributed by atoms with Crippen molar-refractivity contribution in [3.63, 3.8) is 0 Å². The maximum atomic E-state index is 14.8. The minimum absolute atomic E-state index is 0.0483. The number of amides is 7. The fourth-order valence-electron chi connectivity index (χ4n) is 10.1. The van der Waals surface area contributed by atoms with Crippen molar-refractivity contribution in [1.29, 1.82) is 5.41 Å². The van der Waals surface area contributed by atoms with E-state index in [-0.39, 0.29) is 63.0 Å². The number of para-hydroxylation sites is 1. The topological polar surface area (TPSA) is 281 Å². The highest BCUT2D eigenvalue weighted by Gasteiger charge is 2.36. The summed E-state index contributed by atoms with van der Waals surface area (Å²) in [5.74, 6) is -3.79. The number of hydrogen-bond donors (Lipinski definition) is 11. The number of rotatable bonds is 15. The first-order valence-electron chi connectivity index (χ1n) is 25.1. The lowest BCUT2D eigenvalue weighted by Gasteiger charge is -2.32. The number of H-pyrrole nitrogens is 1. The van der Waals surface area contributed by atoms with E-state index in [0.29, 0.717) is 19.3 Å². The van der Waals surface area contributed by atoms with E-state index in [1.807, 2.05) is 54.6 Å². The molecule has 7 amide bonds. The Morgan fingerprint density at radius 3 is 1.91 bits per heavy atom. The van der Waals surface area contributed by atoms with Crippen molar-refractivity contribution in [2.45, 2.75) is 159 Å². The second-order valence-corrected chi connectivity index (χ2v) is 19.2.